The van der Waals surface area contributed by atoms with Crippen molar-refractivity contribution in [3.8, 4) is 0 Å². The number of unbranched alkanes of at least 4 members (excludes halogenated alkanes) is 1. The van der Waals surface area contributed by atoms with E-state index in [-0.39, 0.29) is 4.90 Å². The lowest BCUT2D eigenvalue weighted by atomic mass is 9.88. The minimum atomic E-state index is -3.88. The average Bonchev–Trinajstić information content (AvgIpc) is 2.83. The first-order valence-electron chi connectivity index (χ1n) is 11.2. The largest absolute Gasteiger partial charge is 0.465 e. The average molecular weight is 466 g/mol. The molecule has 3 aromatic rings. The molecule has 33 heavy (non-hydrogen) atoms. The fraction of sp³-hybridized carbons (Fsp3) is 0.296. The van der Waals surface area contributed by atoms with Gasteiger partial charge in [-0.25, -0.2) is 13.1 Å². The van der Waals surface area contributed by atoms with Gasteiger partial charge in [0.2, 0.25) is 10.0 Å². The number of sulfonamides is 1. The molecule has 0 saturated carbocycles. The van der Waals surface area contributed by atoms with E-state index in [1.54, 1.807) is 24.3 Å². The van der Waals surface area contributed by atoms with E-state index in [1.165, 1.54) is 0 Å². The van der Waals surface area contributed by atoms with Crippen LogP contribution in [0.2, 0.25) is 0 Å². The normalized spacial score (nSPS) is 13.3. The maximum Gasteiger partial charge on any atom is 0.311 e. The van der Waals surface area contributed by atoms with Gasteiger partial charge in [-0.3, -0.25) is 4.79 Å². The highest BCUT2D eigenvalue weighted by atomic mass is 32.2. The van der Waals surface area contributed by atoms with Crippen molar-refractivity contribution >= 4 is 16.0 Å². The summed E-state index contributed by atoms with van der Waals surface area (Å²) in [5, 5.41) is 0. The smallest absolute Gasteiger partial charge is 0.311 e. The third-order valence-electron chi connectivity index (χ3n) is 5.52. The molecule has 0 spiro atoms. The number of carbonyl (C=O) groups is 1. The molecule has 174 valence electrons. The summed E-state index contributed by atoms with van der Waals surface area (Å²) < 4.78 is 35.0. The molecule has 0 saturated heterocycles. The van der Waals surface area contributed by atoms with Crippen molar-refractivity contribution in [3.05, 3.63) is 102 Å². The van der Waals surface area contributed by atoms with E-state index in [0.29, 0.717) is 18.6 Å². The van der Waals surface area contributed by atoms with E-state index in [0.717, 1.165) is 24.0 Å². The highest BCUT2D eigenvalue weighted by molar-refractivity contribution is 7.89. The Hall–Kier alpha value is -2.96. The Morgan fingerprint density at radius 1 is 0.909 bits per heavy atom. The third kappa shape index (κ3) is 7.01. The van der Waals surface area contributed by atoms with E-state index in [2.05, 4.69) is 4.72 Å². The van der Waals surface area contributed by atoms with Crippen LogP contribution < -0.4 is 4.72 Å². The van der Waals surface area contributed by atoms with Crippen LogP contribution in [-0.4, -0.2) is 21.0 Å². The first-order valence-corrected chi connectivity index (χ1v) is 12.7. The van der Waals surface area contributed by atoms with Crippen molar-refractivity contribution in [1.82, 2.24) is 4.72 Å². The first-order chi connectivity index (χ1) is 15.9. The van der Waals surface area contributed by atoms with Crippen molar-refractivity contribution in [2.24, 2.45) is 5.92 Å². The Balaban J connectivity index is 1.99. The molecule has 0 aliphatic rings. The molecule has 3 rings (SSSR count). The van der Waals surface area contributed by atoms with Gasteiger partial charge in [0.1, 0.15) is 0 Å². The minimum Gasteiger partial charge on any atom is -0.465 e. The highest BCUT2D eigenvalue weighted by Crippen LogP contribution is 2.29. The number of rotatable bonds is 11. The number of carbonyl (C=O) groups excluding carboxylic acids is 1. The standard InChI is InChI=1S/C27H31NO4S/c1-3-4-19-32-27(29)25(20-22-11-7-5-8-12-22)26(23-13-9-6-10-14-23)28-33(30,31)24-17-15-21(2)16-18-24/h5-18,25-26,28H,3-4,19-20H2,1-2H3. The van der Waals surface area contributed by atoms with Crippen LogP contribution in [0, 0.1) is 12.8 Å². The molecule has 0 amide bonds. The van der Waals surface area contributed by atoms with Crippen LogP contribution in [-0.2, 0) is 26.0 Å². The lowest BCUT2D eigenvalue weighted by Gasteiger charge is -2.27. The molecule has 0 bridgehead atoms. The number of hydrogen-bond donors (Lipinski definition) is 1. The Kier molecular flexibility index (Phi) is 8.80. The van der Waals surface area contributed by atoms with E-state index in [4.69, 9.17) is 4.74 Å². The fourth-order valence-corrected chi connectivity index (χ4v) is 4.89. The van der Waals surface area contributed by atoms with Crippen LogP contribution >= 0.6 is 0 Å². The van der Waals surface area contributed by atoms with Crippen LogP contribution in [0.5, 0.6) is 0 Å². The van der Waals surface area contributed by atoms with Gasteiger partial charge in [-0.1, -0.05) is 91.7 Å². The fourth-order valence-electron chi connectivity index (χ4n) is 3.62. The van der Waals surface area contributed by atoms with Gasteiger partial charge in [0.05, 0.1) is 23.5 Å². The van der Waals surface area contributed by atoms with Gasteiger partial charge < -0.3 is 4.74 Å². The molecule has 1 N–H and O–H groups in total. The summed E-state index contributed by atoms with van der Waals surface area (Å²) >= 11 is 0. The van der Waals surface area contributed by atoms with Gasteiger partial charge in [-0.05, 0) is 43.0 Å². The predicted octanol–water partition coefficient (Wildman–Crippen LogP) is 5.22. The van der Waals surface area contributed by atoms with Crippen LogP contribution in [0.15, 0.2) is 89.8 Å². The van der Waals surface area contributed by atoms with Gasteiger partial charge in [-0.15, -0.1) is 0 Å². The Bertz CT molecular complexity index is 1110. The van der Waals surface area contributed by atoms with Crippen molar-refractivity contribution in [3.63, 3.8) is 0 Å². The second-order valence-electron chi connectivity index (χ2n) is 8.14. The maximum absolute atomic E-state index is 13.3. The molecule has 0 fully saturated rings. The molecule has 0 radical (unpaired) electrons. The number of hydrogen-bond acceptors (Lipinski definition) is 4. The summed E-state index contributed by atoms with van der Waals surface area (Å²) in [6.45, 7) is 4.24. The van der Waals surface area contributed by atoms with E-state index >= 15 is 0 Å². The Morgan fingerprint density at radius 3 is 2.12 bits per heavy atom. The van der Waals surface area contributed by atoms with Gasteiger partial charge >= 0.3 is 5.97 Å². The highest BCUT2D eigenvalue weighted by Gasteiger charge is 2.34. The molecule has 0 heterocycles. The summed E-state index contributed by atoms with van der Waals surface area (Å²) in [6.07, 6.45) is 2.01. The molecule has 0 aliphatic heterocycles. The molecule has 3 aromatic carbocycles. The molecule has 0 aromatic heterocycles. The van der Waals surface area contributed by atoms with E-state index in [1.807, 2.05) is 74.5 Å². The van der Waals surface area contributed by atoms with Crippen LogP contribution in [0.4, 0.5) is 0 Å². The molecule has 2 atom stereocenters. The molecule has 6 heteroatoms. The van der Waals surface area contributed by atoms with Gasteiger partial charge in [-0.2, -0.15) is 0 Å². The van der Waals surface area contributed by atoms with Gasteiger partial charge in [0.15, 0.2) is 0 Å². The lowest BCUT2D eigenvalue weighted by molar-refractivity contribution is -0.149. The van der Waals surface area contributed by atoms with Crippen molar-refractivity contribution < 1.29 is 17.9 Å². The number of benzene rings is 3. The summed E-state index contributed by atoms with van der Waals surface area (Å²) in [4.78, 5) is 13.4. The Morgan fingerprint density at radius 2 is 1.52 bits per heavy atom. The SMILES string of the molecule is CCCCOC(=O)C(Cc1ccccc1)C(NS(=O)(=O)c1ccc(C)cc1)c1ccccc1. The molecule has 0 aliphatic carbocycles. The van der Waals surface area contributed by atoms with Crippen molar-refractivity contribution in [2.75, 3.05) is 6.61 Å². The molecular formula is C27H31NO4S. The number of esters is 1. The van der Waals surface area contributed by atoms with E-state index < -0.39 is 28.0 Å². The Labute approximate surface area is 196 Å². The van der Waals surface area contributed by atoms with Crippen LogP contribution in [0.25, 0.3) is 0 Å². The third-order valence-corrected chi connectivity index (χ3v) is 6.97. The zero-order valence-corrected chi connectivity index (χ0v) is 19.9. The van der Waals surface area contributed by atoms with Crippen LogP contribution in [0.3, 0.4) is 0 Å². The summed E-state index contributed by atoms with van der Waals surface area (Å²) in [5.74, 6) is -1.14. The second kappa shape index (κ2) is 11.8. The number of aryl methyl sites for hydroxylation is 1. The monoisotopic (exact) mass is 465 g/mol. The predicted molar refractivity (Wildman–Crippen MR) is 130 cm³/mol. The molecular weight excluding hydrogens is 434 g/mol. The van der Waals surface area contributed by atoms with Gasteiger partial charge in [0, 0.05) is 0 Å². The van der Waals surface area contributed by atoms with Gasteiger partial charge in [0.25, 0.3) is 0 Å². The minimum absolute atomic E-state index is 0.159. The second-order valence-corrected chi connectivity index (χ2v) is 9.85. The van der Waals surface area contributed by atoms with E-state index in [9.17, 15) is 13.2 Å². The summed E-state index contributed by atoms with van der Waals surface area (Å²) in [6, 6.07) is 24.7. The summed E-state index contributed by atoms with van der Waals surface area (Å²) in [5.41, 5.74) is 2.61. The van der Waals surface area contributed by atoms with Crippen molar-refractivity contribution in [2.45, 2.75) is 44.0 Å². The maximum atomic E-state index is 13.3. The number of ether oxygens (including phenoxy) is 1. The molecule has 2 unspecified atom stereocenters. The topological polar surface area (TPSA) is 72.5 Å². The zero-order chi connectivity index (χ0) is 23.7. The van der Waals surface area contributed by atoms with Crippen LogP contribution in [0.1, 0.15) is 42.5 Å². The summed E-state index contributed by atoms with van der Waals surface area (Å²) in [7, 11) is -3.88. The molecule has 5 nitrogen and oxygen atoms in total. The van der Waals surface area contributed by atoms with Crippen molar-refractivity contribution in [1.29, 1.82) is 0 Å². The quantitative estimate of drug-likeness (QED) is 0.311. The first kappa shape index (κ1) is 24.7. The zero-order valence-electron chi connectivity index (χ0n) is 19.1. The number of nitrogens with one attached hydrogen (secondary N) is 1. The lowest BCUT2D eigenvalue weighted by Crippen LogP contribution is -2.38.